The maximum Gasteiger partial charge on any atom is 0.459 e. The van der Waals surface area contributed by atoms with Gasteiger partial charge < -0.3 is 9.31 Å². The topological polar surface area (TPSA) is 18.5 Å². The third-order valence-electron chi connectivity index (χ3n) is 1.73. The molecule has 0 aromatic rings. The SMILES string of the molecule is CC(C)COB(OCC(C)C)C(C)C. The van der Waals surface area contributed by atoms with Crippen LogP contribution < -0.4 is 0 Å². The summed E-state index contributed by atoms with van der Waals surface area (Å²) in [6.07, 6.45) is 0. The molecule has 84 valence electrons. The van der Waals surface area contributed by atoms with Crippen molar-refractivity contribution in [3.8, 4) is 0 Å². The van der Waals surface area contributed by atoms with Crippen molar-refractivity contribution in [2.45, 2.75) is 47.4 Å². The molecule has 0 rings (SSSR count). The summed E-state index contributed by atoms with van der Waals surface area (Å²) in [5.41, 5.74) is 0. The lowest BCUT2D eigenvalue weighted by atomic mass is 9.74. The fourth-order valence-corrected chi connectivity index (χ4v) is 1.01. The smallest absolute Gasteiger partial charge is 0.411 e. The van der Waals surface area contributed by atoms with E-state index in [-0.39, 0.29) is 7.12 Å². The quantitative estimate of drug-likeness (QED) is 0.587. The zero-order chi connectivity index (χ0) is 11.1. The van der Waals surface area contributed by atoms with Gasteiger partial charge in [0.25, 0.3) is 0 Å². The molecule has 0 spiro atoms. The predicted molar refractivity (Wildman–Crippen MR) is 62.4 cm³/mol. The Bertz CT molecular complexity index is 123. The largest absolute Gasteiger partial charge is 0.459 e. The fraction of sp³-hybridized carbons (Fsp3) is 1.00. The third-order valence-corrected chi connectivity index (χ3v) is 1.73. The van der Waals surface area contributed by atoms with Gasteiger partial charge in [-0.3, -0.25) is 0 Å². The predicted octanol–water partition coefficient (Wildman–Crippen LogP) is 3.23. The van der Waals surface area contributed by atoms with E-state index >= 15 is 0 Å². The van der Waals surface area contributed by atoms with Crippen molar-refractivity contribution in [1.29, 1.82) is 0 Å². The summed E-state index contributed by atoms with van der Waals surface area (Å²) in [6, 6.07) is 0. The van der Waals surface area contributed by atoms with Crippen LogP contribution >= 0.6 is 0 Å². The first-order valence-electron chi connectivity index (χ1n) is 5.66. The maximum atomic E-state index is 5.69. The molecule has 0 N–H and O–H groups in total. The lowest BCUT2D eigenvalue weighted by molar-refractivity contribution is 0.158. The molecule has 2 nitrogen and oxygen atoms in total. The molecule has 0 radical (unpaired) electrons. The van der Waals surface area contributed by atoms with Gasteiger partial charge in [-0.2, -0.15) is 0 Å². The van der Waals surface area contributed by atoms with Crippen LogP contribution in [0.5, 0.6) is 0 Å². The molecule has 0 saturated heterocycles. The molecule has 0 amide bonds. The van der Waals surface area contributed by atoms with Crippen molar-refractivity contribution < 1.29 is 9.31 Å². The molecule has 0 saturated carbocycles. The van der Waals surface area contributed by atoms with Crippen LogP contribution in [0.3, 0.4) is 0 Å². The van der Waals surface area contributed by atoms with Gasteiger partial charge in [-0.05, 0) is 17.7 Å². The van der Waals surface area contributed by atoms with Gasteiger partial charge in [0.2, 0.25) is 0 Å². The van der Waals surface area contributed by atoms with Gasteiger partial charge in [0.05, 0.1) is 0 Å². The van der Waals surface area contributed by atoms with Gasteiger partial charge in [0.15, 0.2) is 0 Å². The molecule has 3 heteroatoms. The summed E-state index contributed by atoms with van der Waals surface area (Å²) in [7, 11) is -0.0419. The Hall–Kier alpha value is -0.0151. The second-order valence-electron chi connectivity index (χ2n) is 5.07. The minimum atomic E-state index is -0.0419. The number of rotatable bonds is 7. The fourth-order valence-electron chi connectivity index (χ4n) is 1.01. The van der Waals surface area contributed by atoms with Crippen LogP contribution in [0.25, 0.3) is 0 Å². The Labute approximate surface area is 89.5 Å². The first kappa shape index (κ1) is 14.0. The third kappa shape index (κ3) is 7.39. The van der Waals surface area contributed by atoms with E-state index in [1.165, 1.54) is 0 Å². The minimum Gasteiger partial charge on any atom is -0.411 e. The lowest BCUT2D eigenvalue weighted by Crippen LogP contribution is -2.29. The first-order chi connectivity index (χ1) is 6.43. The summed E-state index contributed by atoms with van der Waals surface area (Å²) in [5.74, 6) is 1.56. The maximum absolute atomic E-state index is 5.69. The van der Waals surface area contributed by atoms with E-state index in [1.54, 1.807) is 0 Å². The van der Waals surface area contributed by atoms with Crippen LogP contribution in [0, 0.1) is 11.8 Å². The molecule has 0 unspecified atom stereocenters. The summed E-state index contributed by atoms with van der Waals surface area (Å²) in [5, 5.41) is 0. The van der Waals surface area contributed by atoms with E-state index in [1.807, 2.05) is 0 Å². The summed E-state index contributed by atoms with van der Waals surface area (Å²) < 4.78 is 11.4. The molecule has 0 aliphatic carbocycles. The van der Waals surface area contributed by atoms with Crippen LogP contribution in [0.15, 0.2) is 0 Å². The molecule has 0 aromatic heterocycles. The average molecular weight is 200 g/mol. The molecule has 0 aromatic carbocycles. The summed E-state index contributed by atoms with van der Waals surface area (Å²) in [6.45, 7) is 14.4. The standard InChI is InChI=1S/C11H25BO2/c1-9(2)7-13-12(11(5)6)14-8-10(3)4/h9-11H,7-8H2,1-6H3. The highest BCUT2D eigenvalue weighted by Gasteiger charge is 2.23. The molecule has 0 heterocycles. The monoisotopic (exact) mass is 200 g/mol. The highest BCUT2D eigenvalue weighted by atomic mass is 16.6. The molecule has 0 atom stereocenters. The molecule has 0 fully saturated rings. The summed E-state index contributed by atoms with van der Waals surface area (Å²) in [4.78, 5) is 0. The Morgan fingerprint density at radius 3 is 1.36 bits per heavy atom. The van der Waals surface area contributed by atoms with Gasteiger partial charge in [-0.25, -0.2) is 0 Å². The number of hydrogen-bond acceptors (Lipinski definition) is 2. The van der Waals surface area contributed by atoms with Crippen LogP contribution in [0.1, 0.15) is 41.5 Å². The molecule has 14 heavy (non-hydrogen) atoms. The summed E-state index contributed by atoms with van der Waals surface area (Å²) >= 11 is 0. The molecule has 0 aliphatic rings. The van der Waals surface area contributed by atoms with Gasteiger partial charge in [0.1, 0.15) is 0 Å². The van der Waals surface area contributed by atoms with Gasteiger partial charge in [-0.1, -0.05) is 41.5 Å². The van der Waals surface area contributed by atoms with Crippen LogP contribution in [-0.4, -0.2) is 20.3 Å². The van der Waals surface area contributed by atoms with Crippen molar-refractivity contribution in [2.75, 3.05) is 13.2 Å². The Morgan fingerprint density at radius 1 is 0.786 bits per heavy atom. The average Bonchev–Trinajstić information content (AvgIpc) is 2.02. The molecular formula is C11H25BO2. The van der Waals surface area contributed by atoms with Gasteiger partial charge in [0, 0.05) is 13.2 Å². The molecule has 0 bridgehead atoms. The minimum absolute atomic E-state index is 0.0419. The highest BCUT2D eigenvalue weighted by Crippen LogP contribution is 2.12. The van der Waals surface area contributed by atoms with E-state index in [2.05, 4.69) is 41.5 Å². The highest BCUT2D eigenvalue weighted by molar-refractivity contribution is 6.46. The zero-order valence-corrected chi connectivity index (χ0v) is 10.5. The van der Waals surface area contributed by atoms with Crippen LogP contribution in [-0.2, 0) is 9.31 Å². The van der Waals surface area contributed by atoms with E-state index in [0.717, 1.165) is 13.2 Å². The Balaban J connectivity index is 3.78. The van der Waals surface area contributed by atoms with Crippen molar-refractivity contribution in [3.05, 3.63) is 0 Å². The van der Waals surface area contributed by atoms with Crippen LogP contribution in [0.4, 0.5) is 0 Å². The van der Waals surface area contributed by atoms with E-state index in [0.29, 0.717) is 17.7 Å². The van der Waals surface area contributed by atoms with Gasteiger partial charge in [-0.15, -0.1) is 0 Å². The van der Waals surface area contributed by atoms with E-state index in [4.69, 9.17) is 9.31 Å². The molecule has 0 aliphatic heterocycles. The molecular weight excluding hydrogens is 175 g/mol. The first-order valence-corrected chi connectivity index (χ1v) is 5.66. The second-order valence-corrected chi connectivity index (χ2v) is 5.07. The van der Waals surface area contributed by atoms with Gasteiger partial charge >= 0.3 is 7.12 Å². The lowest BCUT2D eigenvalue weighted by Gasteiger charge is -2.19. The Morgan fingerprint density at radius 2 is 1.14 bits per heavy atom. The van der Waals surface area contributed by atoms with Crippen molar-refractivity contribution in [3.63, 3.8) is 0 Å². The number of hydrogen-bond donors (Lipinski definition) is 0. The van der Waals surface area contributed by atoms with Crippen molar-refractivity contribution in [2.24, 2.45) is 11.8 Å². The normalized spacial score (nSPS) is 11.8. The zero-order valence-electron chi connectivity index (χ0n) is 10.5. The van der Waals surface area contributed by atoms with Crippen molar-refractivity contribution in [1.82, 2.24) is 0 Å². The Kier molecular flexibility index (Phi) is 7.29. The van der Waals surface area contributed by atoms with Crippen LogP contribution in [0.2, 0.25) is 5.82 Å². The second kappa shape index (κ2) is 7.30. The van der Waals surface area contributed by atoms with E-state index in [9.17, 15) is 0 Å². The van der Waals surface area contributed by atoms with E-state index < -0.39 is 0 Å². The van der Waals surface area contributed by atoms with Crippen molar-refractivity contribution >= 4 is 7.12 Å².